The summed E-state index contributed by atoms with van der Waals surface area (Å²) in [5.41, 5.74) is 14.6. The molecule has 0 saturated heterocycles. The van der Waals surface area contributed by atoms with Crippen molar-refractivity contribution in [3.05, 3.63) is 206 Å². The minimum absolute atomic E-state index is 0.0507. The molecule has 0 bridgehead atoms. The molecule has 13 rings (SSSR count). The topological polar surface area (TPSA) is 87.6 Å². The summed E-state index contributed by atoms with van der Waals surface area (Å²) in [4.78, 5) is 14.6. The minimum Gasteiger partial charge on any atom is -0.292 e. The van der Waals surface area contributed by atoms with E-state index in [1.807, 2.05) is 91.0 Å². The highest BCUT2D eigenvalue weighted by molar-refractivity contribution is 7.90. The molecule has 0 spiro atoms. The lowest BCUT2D eigenvalue weighted by atomic mass is 9.95. The lowest BCUT2D eigenvalue weighted by Gasteiger charge is -2.20. The van der Waals surface area contributed by atoms with Gasteiger partial charge >= 0.3 is 0 Å². The maximum Gasteiger partial charge on any atom is 0.286 e. The first-order valence-corrected chi connectivity index (χ1v) is 22.5. The van der Waals surface area contributed by atoms with Crippen LogP contribution in [0.4, 0.5) is 0 Å². The van der Waals surface area contributed by atoms with Crippen LogP contribution in [0.15, 0.2) is 211 Å². The van der Waals surface area contributed by atoms with Gasteiger partial charge in [-0.25, -0.2) is 18.9 Å². The average Bonchev–Trinajstić information content (AvgIpc) is 4.05. The minimum atomic E-state index is -4.01. The summed E-state index contributed by atoms with van der Waals surface area (Å²) in [6.45, 7) is 0. The number of fused-ring (bicyclic) bond motifs is 7. The maximum atomic E-state index is 14.5. The standard InChI is InChI=1S/C55H34N6O2S/c62-64(63)55-43(16-11-31-56-55)45-33-40(36-23-27-38(28-24-36)54-58-48-18-8-10-20-51(48)60(54)42-14-5-2-6-15-42)34-46-44-32-39(29-30-49(44)61(64)52(45)46)35-21-25-37(26-22-35)53-57-47-17-7-9-19-50(47)59(53)41-12-3-1-4-13-41/h1-34H. The van der Waals surface area contributed by atoms with Crippen molar-refractivity contribution in [2.45, 2.75) is 5.03 Å². The molecule has 0 atom stereocenters. The molecule has 0 amide bonds. The number of rotatable bonds is 6. The smallest absolute Gasteiger partial charge is 0.286 e. The highest BCUT2D eigenvalue weighted by atomic mass is 32.2. The summed E-state index contributed by atoms with van der Waals surface area (Å²) in [7, 11) is -4.01. The molecule has 9 heteroatoms. The Hall–Kier alpha value is -8.40. The fourth-order valence-corrected chi connectivity index (χ4v) is 11.2. The zero-order valence-corrected chi connectivity index (χ0v) is 34.9. The highest BCUT2D eigenvalue weighted by Crippen LogP contribution is 2.47. The summed E-state index contributed by atoms with van der Waals surface area (Å²) in [6.07, 6.45) is 1.55. The molecule has 0 unspecified atom stereocenters. The van der Waals surface area contributed by atoms with Gasteiger partial charge < -0.3 is 0 Å². The largest absolute Gasteiger partial charge is 0.292 e. The number of benzene rings is 8. The average molecular weight is 843 g/mol. The van der Waals surface area contributed by atoms with Crippen LogP contribution in [0.5, 0.6) is 0 Å². The van der Waals surface area contributed by atoms with E-state index >= 15 is 0 Å². The van der Waals surface area contributed by atoms with Crippen LogP contribution in [0.2, 0.25) is 0 Å². The summed E-state index contributed by atoms with van der Waals surface area (Å²) < 4.78 is 34.9. The van der Waals surface area contributed by atoms with Crippen LogP contribution in [-0.2, 0) is 10.0 Å². The first-order valence-electron chi connectivity index (χ1n) is 21.1. The second kappa shape index (κ2) is 13.8. The van der Waals surface area contributed by atoms with Gasteiger partial charge in [0.05, 0.1) is 33.1 Å². The molecular weight excluding hydrogens is 809 g/mol. The highest BCUT2D eigenvalue weighted by Gasteiger charge is 2.34. The van der Waals surface area contributed by atoms with E-state index in [2.05, 4.69) is 117 Å². The lowest BCUT2D eigenvalue weighted by Crippen LogP contribution is -2.19. The van der Waals surface area contributed by atoms with Gasteiger partial charge in [0.2, 0.25) is 0 Å². The Balaban J connectivity index is 0.950. The number of para-hydroxylation sites is 6. The van der Waals surface area contributed by atoms with Crippen LogP contribution in [0, 0.1) is 0 Å². The van der Waals surface area contributed by atoms with Crippen molar-refractivity contribution >= 4 is 53.9 Å². The summed E-state index contributed by atoms with van der Waals surface area (Å²) in [5, 5.41) is 1.75. The predicted octanol–water partition coefficient (Wildman–Crippen LogP) is 12.8. The Kier molecular flexibility index (Phi) is 7.82. The third-order valence-electron chi connectivity index (χ3n) is 12.5. The molecular formula is C55H34N6O2S. The molecule has 8 aromatic carbocycles. The van der Waals surface area contributed by atoms with Gasteiger partial charge in [-0.15, -0.1) is 0 Å². The van der Waals surface area contributed by atoms with E-state index in [-0.39, 0.29) is 5.03 Å². The molecule has 1 aliphatic heterocycles. The zero-order chi connectivity index (χ0) is 42.5. The third kappa shape index (κ3) is 5.41. The van der Waals surface area contributed by atoms with Gasteiger partial charge in [0.15, 0.2) is 5.03 Å². The van der Waals surface area contributed by atoms with Crippen LogP contribution < -0.4 is 0 Å². The van der Waals surface area contributed by atoms with Crippen molar-refractivity contribution < 1.29 is 8.42 Å². The Morgan fingerprint density at radius 1 is 0.391 bits per heavy atom. The predicted molar refractivity (Wildman–Crippen MR) is 256 cm³/mol. The molecule has 12 aromatic rings. The maximum absolute atomic E-state index is 14.5. The van der Waals surface area contributed by atoms with Crippen molar-refractivity contribution in [3.8, 4) is 67.5 Å². The normalized spacial score (nSPS) is 12.9. The van der Waals surface area contributed by atoms with E-state index in [4.69, 9.17) is 9.97 Å². The molecule has 0 aliphatic carbocycles. The van der Waals surface area contributed by atoms with Gasteiger partial charge in [-0.05, 0) is 107 Å². The van der Waals surface area contributed by atoms with Gasteiger partial charge in [0, 0.05) is 50.6 Å². The Labute approximate surface area is 367 Å². The Morgan fingerprint density at radius 3 is 1.48 bits per heavy atom. The van der Waals surface area contributed by atoms with E-state index in [1.54, 1.807) is 12.3 Å². The second-order valence-electron chi connectivity index (χ2n) is 16.1. The van der Waals surface area contributed by atoms with Gasteiger partial charge in [-0.1, -0.05) is 115 Å². The summed E-state index contributed by atoms with van der Waals surface area (Å²) in [5.74, 6) is 1.71. The first kappa shape index (κ1) is 36.3. The molecule has 5 heterocycles. The molecule has 8 nitrogen and oxygen atoms in total. The number of hydrogen-bond donors (Lipinski definition) is 0. The Morgan fingerprint density at radius 2 is 0.891 bits per heavy atom. The molecule has 0 N–H and O–H groups in total. The van der Waals surface area contributed by atoms with E-state index in [1.165, 1.54) is 3.97 Å². The van der Waals surface area contributed by atoms with Crippen molar-refractivity contribution in [1.29, 1.82) is 0 Å². The van der Waals surface area contributed by atoms with Crippen LogP contribution in [0.3, 0.4) is 0 Å². The number of hydrogen-bond acceptors (Lipinski definition) is 5. The van der Waals surface area contributed by atoms with Gasteiger partial charge in [0.1, 0.15) is 11.6 Å². The number of aromatic nitrogens is 6. The quantitative estimate of drug-likeness (QED) is 0.166. The van der Waals surface area contributed by atoms with E-state index in [0.717, 1.165) is 94.8 Å². The molecule has 1 aliphatic rings. The van der Waals surface area contributed by atoms with Crippen molar-refractivity contribution in [1.82, 2.24) is 28.1 Å². The van der Waals surface area contributed by atoms with Crippen molar-refractivity contribution in [3.63, 3.8) is 0 Å². The summed E-state index contributed by atoms with van der Waals surface area (Å²) >= 11 is 0. The molecule has 302 valence electrons. The molecule has 64 heavy (non-hydrogen) atoms. The fourth-order valence-electron chi connectivity index (χ4n) is 9.54. The van der Waals surface area contributed by atoms with Crippen LogP contribution in [0.1, 0.15) is 0 Å². The van der Waals surface area contributed by atoms with Gasteiger partial charge in [-0.3, -0.25) is 9.13 Å². The summed E-state index contributed by atoms with van der Waals surface area (Å²) in [6, 6.07) is 67.9. The van der Waals surface area contributed by atoms with Crippen molar-refractivity contribution in [2.24, 2.45) is 0 Å². The third-order valence-corrected chi connectivity index (χ3v) is 14.1. The Bertz CT molecular complexity index is 3950. The second-order valence-corrected chi connectivity index (χ2v) is 17.8. The molecule has 0 fully saturated rings. The van der Waals surface area contributed by atoms with Crippen molar-refractivity contribution in [2.75, 3.05) is 0 Å². The van der Waals surface area contributed by atoms with Crippen LogP contribution >= 0.6 is 0 Å². The molecule has 4 aromatic heterocycles. The van der Waals surface area contributed by atoms with E-state index in [0.29, 0.717) is 16.6 Å². The van der Waals surface area contributed by atoms with E-state index in [9.17, 15) is 8.42 Å². The first-order chi connectivity index (χ1) is 31.5. The van der Waals surface area contributed by atoms with Crippen LogP contribution in [-0.4, -0.2) is 36.5 Å². The SMILES string of the molecule is O=S1(=O)c2ncccc2-c2cc(-c3ccc(-c4nc5ccccc5n4-c4ccccc4)cc3)cc3c4cc(-c5ccc(-c6nc7ccccc7n6-c6ccccc6)cc5)ccc4n1c23. The fraction of sp³-hybridized carbons (Fsp3) is 0. The van der Waals surface area contributed by atoms with Crippen LogP contribution in [0.25, 0.3) is 111 Å². The number of nitrogens with zero attached hydrogens (tertiary/aromatic N) is 6. The lowest BCUT2D eigenvalue weighted by molar-refractivity contribution is 0.586. The van der Waals surface area contributed by atoms with E-state index < -0.39 is 10.0 Å². The monoisotopic (exact) mass is 842 g/mol. The number of imidazole rings is 2. The molecule has 0 radical (unpaired) electrons. The van der Waals surface area contributed by atoms with Gasteiger partial charge in [-0.2, -0.15) is 8.42 Å². The zero-order valence-electron chi connectivity index (χ0n) is 34.0. The van der Waals surface area contributed by atoms with Gasteiger partial charge in [0.25, 0.3) is 10.0 Å². The molecule has 0 saturated carbocycles. The number of pyridine rings is 1.